The molecule has 0 radical (unpaired) electrons. The van der Waals surface area contributed by atoms with Crippen LogP contribution in [0, 0.1) is 0 Å². The molecule has 0 spiro atoms. The van der Waals surface area contributed by atoms with Crippen LogP contribution in [0.2, 0.25) is 5.02 Å². The van der Waals surface area contributed by atoms with Crippen LogP contribution in [-0.2, 0) is 15.7 Å². The first-order valence-corrected chi connectivity index (χ1v) is 7.95. The molecule has 2 fully saturated rings. The number of halogens is 4. The molecule has 2 saturated heterocycles. The molecule has 2 aliphatic heterocycles. The number of benzene rings is 1. The van der Waals surface area contributed by atoms with Gasteiger partial charge in [-0.3, -0.25) is 4.79 Å². The highest BCUT2D eigenvalue weighted by Crippen LogP contribution is 2.34. The molecule has 0 bridgehead atoms. The largest absolute Gasteiger partial charge is 0.416 e. The third-order valence-electron chi connectivity index (χ3n) is 4.15. The molecule has 2 aliphatic rings. The van der Waals surface area contributed by atoms with Crippen molar-refractivity contribution in [3.63, 3.8) is 0 Å². The van der Waals surface area contributed by atoms with E-state index in [0.717, 1.165) is 18.2 Å². The number of carbonyl (C=O) groups excluding carboxylic acids is 2. The summed E-state index contributed by atoms with van der Waals surface area (Å²) >= 11 is 5.88. The highest BCUT2D eigenvalue weighted by Gasteiger charge is 2.36. The molecular formula is C15H15ClF3N3O3. The molecule has 6 nitrogen and oxygen atoms in total. The fourth-order valence-electron chi connectivity index (χ4n) is 2.88. The number of carbonyl (C=O) groups is 2. The minimum Gasteiger partial charge on any atom is -0.366 e. The molecule has 2 N–H and O–H groups in total. The van der Waals surface area contributed by atoms with E-state index in [2.05, 4.69) is 10.6 Å². The Kier molecular flexibility index (Phi) is 4.79. The third-order valence-corrected chi connectivity index (χ3v) is 4.48. The lowest BCUT2D eigenvalue weighted by Crippen LogP contribution is -2.61. The number of morpholine rings is 1. The number of hydrogen-bond acceptors (Lipinski definition) is 3. The van der Waals surface area contributed by atoms with Crippen LogP contribution in [-0.4, -0.2) is 48.7 Å². The number of hydrogen-bond donors (Lipinski definition) is 2. The van der Waals surface area contributed by atoms with E-state index in [1.54, 1.807) is 0 Å². The maximum Gasteiger partial charge on any atom is 0.416 e. The molecule has 0 aliphatic carbocycles. The summed E-state index contributed by atoms with van der Waals surface area (Å²) in [6.45, 7) is 0.561. The van der Waals surface area contributed by atoms with Gasteiger partial charge in [0, 0.05) is 13.1 Å². The highest BCUT2D eigenvalue weighted by molar-refractivity contribution is 6.33. The molecule has 1 aromatic carbocycles. The Labute approximate surface area is 146 Å². The van der Waals surface area contributed by atoms with Crippen molar-refractivity contribution in [3.05, 3.63) is 28.8 Å². The average Bonchev–Trinajstić information content (AvgIpc) is 2.55. The fraction of sp³-hybridized carbons (Fsp3) is 0.467. The van der Waals surface area contributed by atoms with E-state index >= 15 is 0 Å². The van der Waals surface area contributed by atoms with Gasteiger partial charge in [0.25, 0.3) is 0 Å². The summed E-state index contributed by atoms with van der Waals surface area (Å²) in [4.78, 5) is 25.2. The van der Waals surface area contributed by atoms with E-state index in [-0.39, 0.29) is 41.9 Å². The summed E-state index contributed by atoms with van der Waals surface area (Å²) in [5.41, 5.74) is -1.02. The first-order valence-electron chi connectivity index (χ1n) is 7.57. The number of ether oxygens (including phenoxy) is 1. The number of amides is 3. The van der Waals surface area contributed by atoms with Gasteiger partial charge in [0.15, 0.2) is 0 Å². The Bertz CT molecular complexity index is 698. The Morgan fingerprint density at radius 3 is 2.88 bits per heavy atom. The van der Waals surface area contributed by atoms with Crippen LogP contribution >= 0.6 is 11.6 Å². The van der Waals surface area contributed by atoms with Crippen LogP contribution in [0.5, 0.6) is 0 Å². The molecule has 0 saturated carbocycles. The van der Waals surface area contributed by atoms with Gasteiger partial charge >= 0.3 is 12.2 Å². The van der Waals surface area contributed by atoms with Crippen LogP contribution in [0.4, 0.5) is 23.7 Å². The molecule has 0 unspecified atom stereocenters. The maximum absolute atomic E-state index is 12.8. The van der Waals surface area contributed by atoms with Gasteiger partial charge in [0.2, 0.25) is 5.91 Å². The molecule has 2 atom stereocenters. The van der Waals surface area contributed by atoms with Gasteiger partial charge < -0.3 is 20.3 Å². The van der Waals surface area contributed by atoms with E-state index in [0.29, 0.717) is 13.0 Å². The van der Waals surface area contributed by atoms with E-state index in [4.69, 9.17) is 16.3 Å². The van der Waals surface area contributed by atoms with Crippen molar-refractivity contribution in [2.75, 3.05) is 25.0 Å². The van der Waals surface area contributed by atoms with Gasteiger partial charge in [-0.25, -0.2) is 4.79 Å². The average molecular weight is 378 g/mol. The smallest absolute Gasteiger partial charge is 0.366 e. The zero-order chi connectivity index (χ0) is 18.2. The van der Waals surface area contributed by atoms with Crippen molar-refractivity contribution in [2.24, 2.45) is 0 Å². The zero-order valence-electron chi connectivity index (χ0n) is 12.9. The SMILES string of the molecule is O=C1CO[C@H]2CCN(C(=O)Nc3cc(C(F)(F)F)ccc3Cl)C[C@@H]2N1. The number of likely N-dealkylation sites (tertiary alicyclic amines) is 1. The molecular weight excluding hydrogens is 363 g/mol. The van der Waals surface area contributed by atoms with Crippen molar-refractivity contribution < 1.29 is 27.5 Å². The number of rotatable bonds is 1. The number of nitrogens with one attached hydrogen (secondary N) is 2. The first kappa shape index (κ1) is 17.8. The lowest BCUT2D eigenvalue weighted by atomic mass is 10.0. The van der Waals surface area contributed by atoms with Crippen LogP contribution in [0.25, 0.3) is 0 Å². The first-order chi connectivity index (χ1) is 11.7. The van der Waals surface area contributed by atoms with Gasteiger partial charge in [-0.15, -0.1) is 0 Å². The summed E-state index contributed by atoms with van der Waals surface area (Å²) in [5.74, 6) is -0.260. The zero-order valence-corrected chi connectivity index (χ0v) is 13.7. The summed E-state index contributed by atoms with van der Waals surface area (Å²) in [7, 11) is 0. The van der Waals surface area contributed by atoms with Gasteiger partial charge in [0.1, 0.15) is 6.61 Å². The second-order valence-electron chi connectivity index (χ2n) is 5.88. The molecule has 136 valence electrons. The van der Waals surface area contributed by atoms with Crippen molar-refractivity contribution >= 4 is 29.2 Å². The molecule has 25 heavy (non-hydrogen) atoms. The molecule has 10 heteroatoms. The molecule has 3 rings (SSSR count). The van der Waals surface area contributed by atoms with Crippen LogP contribution in [0.1, 0.15) is 12.0 Å². The number of urea groups is 1. The van der Waals surface area contributed by atoms with Crippen LogP contribution in [0.15, 0.2) is 18.2 Å². The highest BCUT2D eigenvalue weighted by atomic mass is 35.5. The summed E-state index contributed by atoms with van der Waals surface area (Å²) in [6, 6.07) is 1.80. The van der Waals surface area contributed by atoms with E-state index in [9.17, 15) is 22.8 Å². The quantitative estimate of drug-likeness (QED) is 0.790. The van der Waals surface area contributed by atoms with E-state index in [1.165, 1.54) is 4.90 Å². The maximum atomic E-state index is 12.8. The molecule has 2 heterocycles. The normalized spacial score (nSPS) is 23.7. The topological polar surface area (TPSA) is 70.7 Å². The van der Waals surface area contributed by atoms with Gasteiger partial charge in [0.05, 0.1) is 28.4 Å². The summed E-state index contributed by atoms with van der Waals surface area (Å²) in [6.07, 6.45) is -4.18. The van der Waals surface area contributed by atoms with Crippen molar-refractivity contribution in [3.8, 4) is 0 Å². The lowest BCUT2D eigenvalue weighted by molar-refractivity contribution is -0.139. The van der Waals surface area contributed by atoms with E-state index < -0.39 is 17.8 Å². The number of piperidine rings is 1. The van der Waals surface area contributed by atoms with Crippen molar-refractivity contribution in [1.29, 1.82) is 0 Å². The third kappa shape index (κ3) is 3.98. The van der Waals surface area contributed by atoms with Crippen molar-refractivity contribution in [1.82, 2.24) is 10.2 Å². The Balaban J connectivity index is 1.69. The van der Waals surface area contributed by atoms with Gasteiger partial charge in [-0.2, -0.15) is 13.2 Å². The predicted octanol–water partition coefficient (Wildman–Crippen LogP) is 2.48. The second kappa shape index (κ2) is 6.72. The number of nitrogens with zero attached hydrogens (tertiary/aromatic N) is 1. The fourth-order valence-corrected chi connectivity index (χ4v) is 3.04. The molecule has 3 amide bonds. The number of fused-ring (bicyclic) bond motifs is 1. The van der Waals surface area contributed by atoms with Crippen LogP contribution in [0.3, 0.4) is 0 Å². The minimum atomic E-state index is -4.54. The van der Waals surface area contributed by atoms with Gasteiger partial charge in [-0.1, -0.05) is 11.6 Å². The monoisotopic (exact) mass is 377 g/mol. The Hall–Kier alpha value is -2.00. The number of anilines is 1. The Morgan fingerprint density at radius 2 is 2.16 bits per heavy atom. The molecule has 0 aromatic heterocycles. The van der Waals surface area contributed by atoms with Gasteiger partial charge in [-0.05, 0) is 24.6 Å². The predicted molar refractivity (Wildman–Crippen MR) is 83.3 cm³/mol. The molecule has 1 aromatic rings. The number of alkyl halides is 3. The second-order valence-corrected chi connectivity index (χ2v) is 6.29. The minimum absolute atomic E-state index is 0.00513. The van der Waals surface area contributed by atoms with E-state index in [1.807, 2.05) is 0 Å². The van der Waals surface area contributed by atoms with Crippen molar-refractivity contribution in [2.45, 2.75) is 24.7 Å². The summed E-state index contributed by atoms with van der Waals surface area (Å²) < 4.78 is 43.8. The lowest BCUT2D eigenvalue weighted by Gasteiger charge is -2.40. The standard InChI is InChI=1S/C15H15ClF3N3O3/c16-9-2-1-8(15(17,18)19)5-10(9)21-14(24)22-4-3-12-11(6-22)20-13(23)7-25-12/h1-2,5,11-12H,3-4,6-7H2,(H,20,23)(H,21,24)/t11-,12-/m0/s1. The summed E-state index contributed by atoms with van der Waals surface area (Å²) in [5, 5.41) is 5.15. The Morgan fingerprint density at radius 1 is 1.40 bits per heavy atom. The van der Waals surface area contributed by atoms with Crippen LogP contribution < -0.4 is 10.6 Å².